The Morgan fingerprint density at radius 1 is 1.26 bits per heavy atom. The van der Waals surface area contributed by atoms with Crippen LogP contribution in [0.4, 0.5) is 0 Å². The fourth-order valence-electron chi connectivity index (χ4n) is 5.52. The summed E-state index contributed by atoms with van der Waals surface area (Å²) in [6, 6.07) is 5.79. The van der Waals surface area contributed by atoms with Crippen LogP contribution in [0.2, 0.25) is 0 Å². The number of rotatable bonds is 1. The summed E-state index contributed by atoms with van der Waals surface area (Å²) in [5.74, 6) is 3.33. The monoisotopic (exact) mass is 256 g/mol. The topological polar surface area (TPSA) is 25.4 Å². The average molecular weight is 256 g/mol. The molecule has 3 fully saturated rings. The first kappa shape index (κ1) is 10.7. The molecule has 100 valence electrons. The van der Waals surface area contributed by atoms with Crippen LogP contribution in [0.25, 0.3) is 0 Å². The molecule has 3 nitrogen and oxygen atoms in total. The highest BCUT2D eigenvalue weighted by molar-refractivity contribution is 5.38. The summed E-state index contributed by atoms with van der Waals surface area (Å²) in [6.07, 6.45) is 5.66. The van der Waals surface area contributed by atoms with Crippen LogP contribution in [0.5, 0.6) is 5.88 Å². The third kappa shape index (κ3) is 1.20. The highest BCUT2D eigenvalue weighted by Gasteiger charge is 2.58. The van der Waals surface area contributed by atoms with Crippen molar-refractivity contribution in [3.8, 4) is 5.88 Å². The van der Waals surface area contributed by atoms with E-state index >= 15 is 0 Å². The van der Waals surface area contributed by atoms with E-state index in [2.05, 4.69) is 11.0 Å². The van der Waals surface area contributed by atoms with E-state index in [-0.39, 0.29) is 0 Å². The molecule has 3 aliphatic heterocycles. The van der Waals surface area contributed by atoms with Crippen molar-refractivity contribution in [1.29, 1.82) is 0 Å². The standard InChI is InChI=1S/C16H20N2O/c1-19-14-6-5-10-9-7-12-11-3-2-4-13(12)18(8-9)16(11)15(10)17-14/h5-6,9,11-13,16H,2-4,7-8H2,1H3/t9-,11-,12-,13+,16-/m0/s1. The van der Waals surface area contributed by atoms with E-state index in [0.717, 1.165) is 29.7 Å². The number of pyridine rings is 1. The largest absolute Gasteiger partial charge is 0.481 e. The van der Waals surface area contributed by atoms with E-state index in [4.69, 9.17) is 9.72 Å². The first-order valence-electron chi connectivity index (χ1n) is 7.67. The zero-order chi connectivity index (χ0) is 12.6. The van der Waals surface area contributed by atoms with Gasteiger partial charge in [-0.3, -0.25) is 4.90 Å². The Balaban J connectivity index is 1.71. The lowest BCUT2D eigenvalue weighted by atomic mass is 9.73. The van der Waals surface area contributed by atoms with Crippen molar-refractivity contribution in [2.75, 3.05) is 13.7 Å². The lowest BCUT2D eigenvalue weighted by Crippen LogP contribution is -2.45. The minimum atomic E-state index is 0.598. The van der Waals surface area contributed by atoms with Gasteiger partial charge in [0, 0.05) is 18.7 Å². The zero-order valence-corrected chi connectivity index (χ0v) is 11.4. The van der Waals surface area contributed by atoms with Crippen molar-refractivity contribution < 1.29 is 4.74 Å². The van der Waals surface area contributed by atoms with E-state index in [0.29, 0.717) is 6.04 Å². The molecule has 1 aromatic rings. The summed E-state index contributed by atoms with van der Waals surface area (Å²) in [5.41, 5.74) is 2.88. The van der Waals surface area contributed by atoms with Gasteiger partial charge in [-0.15, -0.1) is 0 Å². The van der Waals surface area contributed by atoms with E-state index in [1.807, 2.05) is 6.07 Å². The highest BCUT2D eigenvalue weighted by atomic mass is 16.5. The van der Waals surface area contributed by atoms with Gasteiger partial charge in [-0.25, -0.2) is 4.98 Å². The van der Waals surface area contributed by atoms with Gasteiger partial charge in [-0.1, -0.05) is 12.5 Å². The smallest absolute Gasteiger partial charge is 0.213 e. The Labute approximate surface area is 114 Å². The summed E-state index contributed by atoms with van der Waals surface area (Å²) in [4.78, 5) is 7.64. The van der Waals surface area contributed by atoms with Crippen LogP contribution in [0.15, 0.2) is 12.1 Å². The molecule has 19 heavy (non-hydrogen) atoms. The first-order chi connectivity index (χ1) is 9.36. The lowest BCUT2D eigenvalue weighted by molar-refractivity contribution is 0.102. The molecule has 5 bridgehead atoms. The number of hydrogen-bond acceptors (Lipinski definition) is 3. The van der Waals surface area contributed by atoms with Crippen molar-refractivity contribution in [2.24, 2.45) is 11.8 Å². The molecule has 1 saturated carbocycles. The summed E-state index contributed by atoms with van der Waals surface area (Å²) in [7, 11) is 1.72. The van der Waals surface area contributed by atoms with Gasteiger partial charge in [-0.2, -0.15) is 0 Å². The van der Waals surface area contributed by atoms with Crippen molar-refractivity contribution in [3.63, 3.8) is 0 Å². The molecule has 4 heterocycles. The van der Waals surface area contributed by atoms with E-state index in [1.54, 1.807) is 7.11 Å². The van der Waals surface area contributed by atoms with Gasteiger partial charge in [0.1, 0.15) is 0 Å². The molecule has 0 spiro atoms. The van der Waals surface area contributed by atoms with Crippen LogP contribution >= 0.6 is 0 Å². The second-order valence-electron chi connectivity index (χ2n) is 6.73. The summed E-state index contributed by atoms with van der Waals surface area (Å²) >= 11 is 0. The Bertz CT molecular complexity index is 542. The van der Waals surface area contributed by atoms with Crippen molar-refractivity contribution >= 4 is 0 Å². The number of fused-ring (bicyclic) bond motifs is 5. The van der Waals surface area contributed by atoms with Gasteiger partial charge in [0.2, 0.25) is 5.88 Å². The molecule has 4 aliphatic rings. The van der Waals surface area contributed by atoms with Crippen molar-refractivity contribution in [1.82, 2.24) is 9.88 Å². The van der Waals surface area contributed by atoms with Crippen LogP contribution in [0.3, 0.4) is 0 Å². The number of piperidine rings is 1. The van der Waals surface area contributed by atoms with Gasteiger partial charge in [0.25, 0.3) is 0 Å². The Kier molecular flexibility index (Phi) is 1.97. The number of nitrogens with zero attached hydrogens (tertiary/aromatic N) is 2. The van der Waals surface area contributed by atoms with Gasteiger partial charge < -0.3 is 4.74 Å². The van der Waals surface area contributed by atoms with Crippen LogP contribution in [0, 0.1) is 11.8 Å². The normalized spacial score (nSPS) is 45.1. The number of aromatic nitrogens is 1. The number of methoxy groups -OCH3 is 1. The van der Waals surface area contributed by atoms with Gasteiger partial charge in [0.05, 0.1) is 18.8 Å². The molecule has 1 aliphatic carbocycles. The molecule has 0 N–H and O–H groups in total. The quantitative estimate of drug-likeness (QED) is 0.772. The molecule has 0 amide bonds. The Morgan fingerprint density at radius 2 is 2.21 bits per heavy atom. The summed E-state index contributed by atoms with van der Waals surface area (Å²) in [5, 5.41) is 0. The Morgan fingerprint density at radius 3 is 3.11 bits per heavy atom. The van der Waals surface area contributed by atoms with E-state index < -0.39 is 0 Å². The van der Waals surface area contributed by atoms with E-state index in [9.17, 15) is 0 Å². The molecular weight excluding hydrogens is 236 g/mol. The molecule has 0 aromatic carbocycles. The van der Waals surface area contributed by atoms with E-state index in [1.165, 1.54) is 43.5 Å². The SMILES string of the molecule is COc1ccc2c(n1)[C@@H]1[C@H]3CCC[C@@H]4[C@H]3C[C@H]2CN41. The molecule has 1 aromatic heterocycles. The minimum Gasteiger partial charge on any atom is -0.481 e. The summed E-state index contributed by atoms with van der Waals surface area (Å²) < 4.78 is 5.36. The minimum absolute atomic E-state index is 0.598. The highest BCUT2D eigenvalue weighted by Crippen LogP contribution is 2.61. The molecule has 6 atom stereocenters. The number of ether oxygens (including phenoxy) is 1. The molecule has 0 radical (unpaired) electrons. The van der Waals surface area contributed by atoms with Gasteiger partial charge >= 0.3 is 0 Å². The molecule has 1 unspecified atom stereocenters. The lowest BCUT2D eigenvalue weighted by Gasteiger charge is -2.43. The molecule has 5 rings (SSSR count). The second kappa shape index (κ2) is 3.51. The fraction of sp³-hybridized carbons (Fsp3) is 0.688. The maximum atomic E-state index is 5.36. The van der Waals surface area contributed by atoms with Crippen LogP contribution in [0.1, 0.15) is 48.9 Å². The average Bonchev–Trinajstić information content (AvgIpc) is 2.67. The summed E-state index contributed by atoms with van der Waals surface area (Å²) in [6.45, 7) is 1.28. The predicted molar refractivity (Wildman–Crippen MR) is 72.2 cm³/mol. The van der Waals surface area contributed by atoms with Crippen LogP contribution in [-0.4, -0.2) is 29.6 Å². The first-order valence-corrected chi connectivity index (χ1v) is 7.67. The maximum Gasteiger partial charge on any atom is 0.213 e. The third-order valence-electron chi connectivity index (χ3n) is 6.12. The van der Waals surface area contributed by atoms with Gasteiger partial charge in [0.15, 0.2) is 0 Å². The zero-order valence-electron chi connectivity index (χ0n) is 11.4. The molecule has 3 heteroatoms. The third-order valence-corrected chi connectivity index (χ3v) is 6.12. The predicted octanol–water partition coefficient (Wildman–Crippen LogP) is 2.73. The Hall–Kier alpha value is -1.09. The maximum absolute atomic E-state index is 5.36. The second-order valence-corrected chi connectivity index (χ2v) is 6.73. The van der Waals surface area contributed by atoms with Crippen LogP contribution < -0.4 is 4.74 Å². The van der Waals surface area contributed by atoms with Gasteiger partial charge in [-0.05, 0) is 42.6 Å². The van der Waals surface area contributed by atoms with Crippen molar-refractivity contribution in [2.45, 2.75) is 43.7 Å². The van der Waals surface area contributed by atoms with Crippen molar-refractivity contribution in [3.05, 3.63) is 23.4 Å². The molecular formula is C16H20N2O. The number of hydrogen-bond donors (Lipinski definition) is 0. The molecule has 2 saturated heterocycles. The van der Waals surface area contributed by atoms with Crippen LogP contribution in [-0.2, 0) is 0 Å². The fourth-order valence-corrected chi connectivity index (χ4v) is 5.52.